The van der Waals surface area contributed by atoms with Gasteiger partial charge in [-0.3, -0.25) is 0 Å². The van der Waals surface area contributed by atoms with Crippen LogP contribution in [0.25, 0.3) is 10.8 Å². The number of phenols is 1. The summed E-state index contributed by atoms with van der Waals surface area (Å²) in [5.41, 5.74) is 1.52. The number of fused-ring (bicyclic) bond motifs is 1. The van der Waals surface area contributed by atoms with Gasteiger partial charge in [0.05, 0.1) is 12.7 Å². The standard InChI is InChI=1S/C15H16O3/c1-9(2)10-4-5-11-6-12(15(17)18-3)8-14(16)13(11)7-10/h4-9,16H,1-3H3. The summed E-state index contributed by atoms with van der Waals surface area (Å²) >= 11 is 0. The second-order valence-corrected chi connectivity index (χ2v) is 4.62. The molecule has 18 heavy (non-hydrogen) atoms. The van der Waals surface area contributed by atoms with E-state index in [2.05, 4.69) is 18.6 Å². The third-order valence-electron chi connectivity index (χ3n) is 3.04. The van der Waals surface area contributed by atoms with Crippen LogP contribution in [0.5, 0.6) is 5.75 Å². The minimum absolute atomic E-state index is 0.107. The number of ether oxygens (including phenoxy) is 1. The minimum Gasteiger partial charge on any atom is -0.507 e. The summed E-state index contributed by atoms with van der Waals surface area (Å²) in [6.07, 6.45) is 0. The first kappa shape index (κ1) is 12.4. The zero-order valence-corrected chi connectivity index (χ0v) is 10.7. The van der Waals surface area contributed by atoms with Crippen LogP contribution in [0.2, 0.25) is 0 Å². The molecule has 0 aliphatic carbocycles. The lowest BCUT2D eigenvalue weighted by atomic mass is 9.97. The fourth-order valence-corrected chi connectivity index (χ4v) is 1.95. The van der Waals surface area contributed by atoms with E-state index >= 15 is 0 Å². The Morgan fingerprint density at radius 2 is 1.94 bits per heavy atom. The number of hydrogen-bond donors (Lipinski definition) is 1. The number of rotatable bonds is 2. The number of aromatic hydroxyl groups is 1. The third-order valence-corrected chi connectivity index (χ3v) is 3.04. The topological polar surface area (TPSA) is 46.5 Å². The van der Waals surface area contributed by atoms with Crippen molar-refractivity contribution < 1.29 is 14.6 Å². The molecule has 0 saturated heterocycles. The van der Waals surface area contributed by atoms with Gasteiger partial charge in [-0.2, -0.15) is 0 Å². The van der Waals surface area contributed by atoms with Crippen molar-refractivity contribution in [2.24, 2.45) is 0 Å². The zero-order valence-electron chi connectivity index (χ0n) is 10.7. The molecule has 2 aromatic rings. The highest BCUT2D eigenvalue weighted by molar-refractivity contribution is 5.98. The summed E-state index contributed by atoms with van der Waals surface area (Å²) in [7, 11) is 1.32. The van der Waals surface area contributed by atoms with Gasteiger partial charge in [-0.25, -0.2) is 4.79 Å². The van der Waals surface area contributed by atoms with Gasteiger partial charge in [0, 0.05) is 5.39 Å². The minimum atomic E-state index is -0.444. The van der Waals surface area contributed by atoms with Gasteiger partial charge < -0.3 is 9.84 Å². The van der Waals surface area contributed by atoms with Gasteiger partial charge >= 0.3 is 5.97 Å². The molecule has 0 aromatic heterocycles. The lowest BCUT2D eigenvalue weighted by Gasteiger charge is -2.09. The second-order valence-electron chi connectivity index (χ2n) is 4.62. The van der Waals surface area contributed by atoms with E-state index in [0.29, 0.717) is 11.5 Å². The molecule has 0 unspecified atom stereocenters. The van der Waals surface area contributed by atoms with E-state index in [0.717, 1.165) is 16.3 Å². The monoisotopic (exact) mass is 244 g/mol. The van der Waals surface area contributed by atoms with Gasteiger partial charge in [-0.05, 0) is 35.1 Å². The van der Waals surface area contributed by atoms with Crippen molar-refractivity contribution in [2.45, 2.75) is 19.8 Å². The Kier molecular flexibility index (Phi) is 3.24. The highest BCUT2D eigenvalue weighted by Gasteiger charge is 2.11. The van der Waals surface area contributed by atoms with Crippen LogP contribution in [0, 0.1) is 0 Å². The van der Waals surface area contributed by atoms with Crippen LogP contribution < -0.4 is 0 Å². The van der Waals surface area contributed by atoms with E-state index in [-0.39, 0.29) is 5.75 Å². The maximum atomic E-state index is 11.5. The Morgan fingerprint density at radius 1 is 1.22 bits per heavy atom. The molecular weight excluding hydrogens is 228 g/mol. The summed E-state index contributed by atoms with van der Waals surface area (Å²) in [6, 6.07) is 9.05. The van der Waals surface area contributed by atoms with Crippen molar-refractivity contribution in [2.75, 3.05) is 7.11 Å². The molecule has 0 heterocycles. The number of methoxy groups -OCH3 is 1. The van der Waals surface area contributed by atoms with Gasteiger partial charge in [-0.1, -0.05) is 26.0 Å². The molecule has 0 aliphatic rings. The van der Waals surface area contributed by atoms with E-state index in [1.54, 1.807) is 6.07 Å². The number of esters is 1. The molecule has 0 atom stereocenters. The lowest BCUT2D eigenvalue weighted by Crippen LogP contribution is -2.00. The maximum Gasteiger partial charge on any atom is 0.338 e. The quantitative estimate of drug-likeness (QED) is 0.823. The van der Waals surface area contributed by atoms with Crippen LogP contribution in [0.4, 0.5) is 0 Å². The summed E-state index contributed by atoms with van der Waals surface area (Å²) < 4.78 is 4.65. The molecule has 2 rings (SSSR count). The molecule has 3 heteroatoms. The summed E-state index contributed by atoms with van der Waals surface area (Å²) in [5, 5.41) is 11.6. The van der Waals surface area contributed by atoms with Gasteiger partial charge in [0.1, 0.15) is 5.75 Å². The smallest absolute Gasteiger partial charge is 0.338 e. The highest BCUT2D eigenvalue weighted by Crippen LogP contribution is 2.29. The molecule has 0 spiro atoms. The van der Waals surface area contributed by atoms with Crippen molar-refractivity contribution in [3.63, 3.8) is 0 Å². The van der Waals surface area contributed by atoms with Crippen molar-refractivity contribution in [3.8, 4) is 5.75 Å². The van der Waals surface area contributed by atoms with E-state index in [4.69, 9.17) is 0 Å². The van der Waals surface area contributed by atoms with Crippen LogP contribution in [0.3, 0.4) is 0 Å². The van der Waals surface area contributed by atoms with Crippen LogP contribution >= 0.6 is 0 Å². The van der Waals surface area contributed by atoms with E-state index < -0.39 is 5.97 Å². The van der Waals surface area contributed by atoms with Gasteiger partial charge in [0.15, 0.2) is 0 Å². The first-order valence-electron chi connectivity index (χ1n) is 5.88. The van der Waals surface area contributed by atoms with Crippen molar-refractivity contribution in [3.05, 3.63) is 41.5 Å². The molecule has 3 nitrogen and oxygen atoms in total. The summed E-state index contributed by atoms with van der Waals surface area (Å²) in [5.74, 6) is 0.0598. The fourth-order valence-electron chi connectivity index (χ4n) is 1.95. The molecule has 0 amide bonds. The molecule has 2 aromatic carbocycles. The largest absolute Gasteiger partial charge is 0.507 e. The SMILES string of the molecule is COC(=O)c1cc(O)c2cc(C(C)C)ccc2c1. The average molecular weight is 244 g/mol. The molecule has 0 bridgehead atoms. The van der Waals surface area contributed by atoms with Crippen LogP contribution in [0.15, 0.2) is 30.3 Å². The van der Waals surface area contributed by atoms with Crippen molar-refractivity contribution in [1.82, 2.24) is 0 Å². The van der Waals surface area contributed by atoms with Crippen LogP contribution in [-0.4, -0.2) is 18.2 Å². The summed E-state index contributed by atoms with van der Waals surface area (Å²) in [6.45, 7) is 4.20. The lowest BCUT2D eigenvalue weighted by molar-refractivity contribution is 0.0600. The Bertz CT molecular complexity index is 600. The van der Waals surface area contributed by atoms with Crippen LogP contribution in [0.1, 0.15) is 35.7 Å². The predicted octanol–water partition coefficient (Wildman–Crippen LogP) is 3.46. The normalized spacial score (nSPS) is 10.9. The number of phenolic OH excluding ortho intramolecular Hbond substituents is 1. The van der Waals surface area contributed by atoms with E-state index in [1.165, 1.54) is 13.2 Å². The number of carbonyl (C=O) groups is 1. The molecule has 0 fully saturated rings. The Balaban J connectivity index is 2.62. The Labute approximate surface area is 106 Å². The zero-order chi connectivity index (χ0) is 13.3. The number of benzene rings is 2. The third kappa shape index (κ3) is 2.16. The highest BCUT2D eigenvalue weighted by atomic mass is 16.5. The number of hydrogen-bond acceptors (Lipinski definition) is 3. The fraction of sp³-hybridized carbons (Fsp3) is 0.267. The summed E-state index contributed by atoms with van der Waals surface area (Å²) in [4.78, 5) is 11.5. The Morgan fingerprint density at radius 3 is 2.56 bits per heavy atom. The number of carbonyl (C=O) groups excluding carboxylic acids is 1. The van der Waals surface area contributed by atoms with E-state index in [9.17, 15) is 9.90 Å². The molecule has 1 N–H and O–H groups in total. The van der Waals surface area contributed by atoms with Gasteiger partial charge in [0.25, 0.3) is 0 Å². The maximum absolute atomic E-state index is 11.5. The molecule has 0 radical (unpaired) electrons. The predicted molar refractivity (Wildman–Crippen MR) is 71.0 cm³/mol. The first-order valence-corrected chi connectivity index (χ1v) is 5.88. The molecule has 94 valence electrons. The molecule has 0 saturated carbocycles. The van der Waals surface area contributed by atoms with Gasteiger partial charge in [-0.15, -0.1) is 0 Å². The first-order chi connectivity index (χ1) is 8.52. The van der Waals surface area contributed by atoms with E-state index in [1.807, 2.05) is 18.2 Å². The van der Waals surface area contributed by atoms with Gasteiger partial charge in [0.2, 0.25) is 0 Å². The average Bonchev–Trinajstić information content (AvgIpc) is 2.37. The second kappa shape index (κ2) is 4.69. The molecule has 0 aliphatic heterocycles. The van der Waals surface area contributed by atoms with Crippen molar-refractivity contribution >= 4 is 16.7 Å². The van der Waals surface area contributed by atoms with Crippen LogP contribution in [-0.2, 0) is 4.74 Å². The van der Waals surface area contributed by atoms with Crippen molar-refractivity contribution in [1.29, 1.82) is 0 Å². The Hall–Kier alpha value is -2.03. The molecular formula is C15H16O3.